The van der Waals surface area contributed by atoms with E-state index in [1.807, 2.05) is 0 Å². The first kappa shape index (κ1) is 13.7. The van der Waals surface area contributed by atoms with Crippen molar-refractivity contribution in [3.8, 4) is 28.4 Å². The topological polar surface area (TPSA) is 58.9 Å². The van der Waals surface area contributed by atoms with E-state index < -0.39 is 8.81 Å². The molecule has 0 fully saturated rings. The first-order chi connectivity index (χ1) is 9.22. The Kier molecular flexibility index (Phi) is 4.25. The summed E-state index contributed by atoms with van der Waals surface area (Å²) in [5.41, 5.74) is 1.18. The predicted molar refractivity (Wildman–Crippen MR) is 76.8 cm³/mol. The summed E-state index contributed by atoms with van der Waals surface area (Å²) in [7, 11) is 2.69. The van der Waals surface area contributed by atoms with Gasteiger partial charge in [-0.1, -0.05) is 18.2 Å². The molecular formula is C14H15O4P. The second-order valence-electron chi connectivity index (χ2n) is 3.85. The van der Waals surface area contributed by atoms with Crippen molar-refractivity contribution in [2.45, 2.75) is 0 Å². The molecule has 0 saturated heterocycles. The molecule has 0 amide bonds. The zero-order valence-electron chi connectivity index (χ0n) is 10.7. The van der Waals surface area contributed by atoms with Gasteiger partial charge in [0.1, 0.15) is 17.2 Å². The van der Waals surface area contributed by atoms with Gasteiger partial charge >= 0.3 is 0 Å². The Morgan fingerprint density at radius 2 is 1.47 bits per heavy atom. The van der Waals surface area contributed by atoms with Crippen LogP contribution in [0, 0.1) is 0 Å². The molecule has 0 radical (unpaired) electrons. The number of phenols is 1. The van der Waals surface area contributed by atoms with Crippen LogP contribution in [0.4, 0.5) is 0 Å². The van der Waals surface area contributed by atoms with Crippen molar-refractivity contribution in [1.82, 2.24) is 0 Å². The van der Waals surface area contributed by atoms with Gasteiger partial charge in [-0.05, 0) is 18.2 Å². The van der Waals surface area contributed by atoms with Crippen LogP contribution >= 0.6 is 8.81 Å². The van der Waals surface area contributed by atoms with Crippen LogP contribution in [0.1, 0.15) is 0 Å². The van der Waals surface area contributed by atoms with Crippen molar-refractivity contribution in [2.75, 3.05) is 14.2 Å². The third-order valence-electron chi connectivity index (χ3n) is 2.84. The van der Waals surface area contributed by atoms with Gasteiger partial charge in [-0.15, -0.1) is 0 Å². The van der Waals surface area contributed by atoms with Crippen molar-refractivity contribution >= 4 is 14.1 Å². The maximum Gasteiger partial charge on any atom is 0.130 e. The molecule has 2 aromatic carbocycles. The van der Waals surface area contributed by atoms with Gasteiger partial charge in [0, 0.05) is 19.7 Å². The standard InChI is InChI=1S/C14H15O4P/c1-17-10-6-3-5-9(15)13(10)14-11(18-2)7-4-8-12(14)19-16/h3-8,15-16,19H,1-2H3. The zero-order valence-corrected chi connectivity index (χ0v) is 11.7. The van der Waals surface area contributed by atoms with Crippen molar-refractivity contribution in [2.24, 2.45) is 0 Å². The van der Waals surface area contributed by atoms with Crippen LogP contribution in [0.2, 0.25) is 0 Å². The molecule has 0 heterocycles. The van der Waals surface area contributed by atoms with Crippen molar-refractivity contribution in [3.05, 3.63) is 36.4 Å². The monoisotopic (exact) mass is 278 g/mol. The molecule has 1 atom stereocenters. The largest absolute Gasteiger partial charge is 0.507 e. The lowest BCUT2D eigenvalue weighted by Crippen LogP contribution is -2.03. The zero-order chi connectivity index (χ0) is 13.8. The van der Waals surface area contributed by atoms with Gasteiger partial charge in [0.05, 0.1) is 19.8 Å². The summed E-state index contributed by atoms with van der Waals surface area (Å²) in [5.74, 6) is 1.20. The molecule has 19 heavy (non-hydrogen) atoms. The minimum absolute atomic E-state index is 0.0864. The van der Waals surface area contributed by atoms with Crippen molar-refractivity contribution in [1.29, 1.82) is 0 Å². The Morgan fingerprint density at radius 1 is 0.895 bits per heavy atom. The molecule has 0 saturated carbocycles. The molecule has 0 bridgehead atoms. The summed E-state index contributed by atoms with van der Waals surface area (Å²) in [6.07, 6.45) is 0. The molecule has 0 aliphatic heterocycles. The average Bonchev–Trinajstić information content (AvgIpc) is 2.46. The highest BCUT2D eigenvalue weighted by Crippen LogP contribution is 2.42. The maximum atomic E-state index is 10.1. The van der Waals surface area contributed by atoms with Gasteiger partial charge < -0.3 is 19.5 Å². The van der Waals surface area contributed by atoms with Crippen LogP contribution in [0.15, 0.2) is 36.4 Å². The van der Waals surface area contributed by atoms with Crippen molar-refractivity contribution in [3.63, 3.8) is 0 Å². The Labute approximate surface area is 113 Å². The molecule has 2 N–H and O–H groups in total. The third-order valence-corrected chi connectivity index (χ3v) is 3.50. The molecule has 0 spiro atoms. The fourth-order valence-electron chi connectivity index (χ4n) is 1.99. The van der Waals surface area contributed by atoms with Crippen LogP contribution in [-0.4, -0.2) is 24.2 Å². The van der Waals surface area contributed by atoms with Gasteiger partial charge in [0.25, 0.3) is 0 Å². The van der Waals surface area contributed by atoms with E-state index in [0.29, 0.717) is 27.9 Å². The fourth-order valence-corrected chi connectivity index (χ4v) is 2.52. The second kappa shape index (κ2) is 5.91. The summed E-state index contributed by atoms with van der Waals surface area (Å²) in [6.45, 7) is 0. The number of phenolic OH excluding ortho intramolecular Hbond substituents is 1. The van der Waals surface area contributed by atoms with E-state index in [-0.39, 0.29) is 5.75 Å². The van der Waals surface area contributed by atoms with E-state index in [0.717, 1.165) is 0 Å². The molecule has 5 heteroatoms. The van der Waals surface area contributed by atoms with Crippen LogP contribution < -0.4 is 14.8 Å². The molecule has 100 valence electrons. The molecular weight excluding hydrogens is 263 g/mol. The van der Waals surface area contributed by atoms with Crippen LogP contribution in [0.5, 0.6) is 17.2 Å². The van der Waals surface area contributed by atoms with Crippen LogP contribution in [-0.2, 0) is 0 Å². The smallest absolute Gasteiger partial charge is 0.130 e. The number of benzene rings is 2. The number of aromatic hydroxyl groups is 1. The lowest BCUT2D eigenvalue weighted by molar-refractivity contribution is 0.405. The minimum Gasteiger partial charge on any atom is -0.507 e. The highest BCUT2D eigenvalue weighted by atomic mass is 31.1. The first-order valence-corrected chi connectivity index (χ1v) is 6.61. The summed E-state index contributed by atoms with van der Waals surface area (Å²) in [5, 5.41) is 10.8. The van der Waals surface area contributed by atoms with Gasteiger partial charge in [-0.3, -0.25) is 0 Å². The second-order valence-corrected chi connectivity index (χ2v) is 4.61. The van der Waals surface area contributed by atoms with Crippen molar-refractivity contribution < 1.29 is 19.5 Å². The van der Waals surface area contributed by atoms with Gasteiger partial charge in [-0.2, -0.15) is 0 Å². The number of ether oxygens (including phenoxy) is 2. The molecule has 2 aromatic rings. The minimum atomic E-state index is -0.399. The van der Waals surface area contributed by atoms with Crippen LogP contribution in [0.25, 0.3) is 11.1 Å². The molecule has 0 aromatic heterocycles. The molecule has 0 aliphatic rings. The van der Waals surface area contributed by atoms with E-state index in [4.69, 9.17) is 9.47 Å². The van der Waals surface area contributed by atoms with E-state index in [1.54, 1.807) is 43.5 Å². The normalized spacial score (nSPS) is 10.9. The lowest BCUT2D eigenvalue weighted by atomic mass is 10.0. The Hall–Kier alpha value is -1.77. The van der Waals surface area contributed by atoms with E-state index in [2.05, 4.69) is 0 Å². The Balaban J connectivity index is 2.77. The van der Waals surface area contributed by atoms with Gasteiger partial charge in [0.2, 0.25) is 0 Å². The third kappa shape index (κ3) is 2.50. The van der Waals surface area contributed by atoms with Crippen LogP contribution in [0.3, 0.4) is 0 Å². The number of hydrogen-bond donors (Lipinski definition) is 2. The maximum absolute atomic E-state index is 10.1. The SMILES string of the molecule is COc1cccc(O)c1-c1c(OC)cccc1PO. The summed E-state index contributed by atoms with van der Waals surface area (Å²) in [6, 6.07) is 10.4. The predicted octanol–water partition coefficient (Wildman–Crippen LogP) is 2.29. The van der Waals surface area contributed by atoms with E-state index >= 15 is 0 Å². The first-order valence-electron chi connectivity index (χ1n) is 5.66. The lowest BCUT2D eigenvalue weighted by Gasteiger charge is -2.16. The fraction of sp³-hybridized carbons (Fsp3) is 0.143. The van der Waals surface area contributed by atoms with Gasteiger partial charge in [-0.25, -0.2) is 0 Å². The summed E-state index contributed by atoms with van der Waals surface area (Å²) in [4.78, 5) is 9.50. The van der Waals surface area contributed by atoms with E-state index in [1.165, 1.54) is 7.11 Å². The number of methoxy groups -OCH3 is 2. The molecule has 0 aliphatic carbocycles. The summed E-state index contributed by atoms with van der Waals surface area (Å²) >= 11 is 0. The Bertz CT molecular complexity index is 561. The molecule has 4 nitrogen and oxygen atoms in total. The quantitative estimate of drug-likeness (QED) is 0.842. The molecule has 1 unspecified atom stereocenters. The highest BCUT2D eigenvalue weighted by Gasteiger charge is 2.18. The highest BCUT2D eigenvalue weighted by molar-refractivity contribution is 7.41. The average molecular weight is 278 g/mol. The Morgan fingerprint density at radius 3 is 2.05 bits per heavy atom. The summed E-state index contributed by atoms with van der Waals surface area (Å²) < 4.78 is 10.6. The number of hydrogen-bond acceptors (Lipinski definition) is 4. The number of rotatable bonds is 4. The van der Waals surface area contributed by atoms with E-state index in [9.17, 15) is 10.00 Å². The van der Waals surface area contributed by atoms with Gasteiger partial charge in [0.15, 0.2) is 0 Å². The molecule has 2 rings (SSSR count).